The predicted octanol–water partition coefficient (Wildman–Crippen LogP) is 25.1. The van der Waals surface area contributed by atoms with Gasteiger partial charge in [0.15, 0.2) is 23.1 Å². The fraction of sp³-hybridized carbons (Fsp3) is 0.224. The molecule has 5 aromatic heterocycles. The van der Waals surface area contributed by atoms with Crippen LogP contribution in [0.1, 0.15) is 71.8 Å². The Balaban J connectivity index is 0.000000163. The number of nitrogens with one attached hydrogen (secondary N) is 11. The van der Waals surface area contributed by atoms with Crippen molar-refractivity contribution in [1.29, 1.82) is 0 Å². The first-order valence-corrected chi connectivity index (χ1v) is 57.6. The zero-order chi connectivity index (χ0) is 106. The minimum absolute atomic E-state index is 0.00959. The number of anilines is 20. The molecule has 2 aliphatic heterocycles. The molecule has 9 aromatic carbocycles. The maximum atomic E-state index is 13.5. The summed E-state index contributed by atoms with van der Waals surface area (Å²) in [4.78, 5) is 62.9. The molecule has 0 radical (unpaired) electrons. The molecule has 1 amide bonds. The molecule has 0 spiro atoms. The molecule has 7 heterocycles. The Bertz CT molecular complexity index is 7290. The lowest BCUT2D eigenvalue weighted by atomic mass is 10.1. The number of ketones is 1. The van der Waals surface area contributed by atoms with Gasteiger partial charge in [-0.1, -0.05) is 67.9 Å². The maximum absolute atomic E-state index is 13.5. The number of halogens is 13. The second-order valence-electron chi connectivity index (χ2n) is 34.6. The fourth-order valence-electron chi connectivity index (χ4n) is 13.7. The van der Waals surface area contributed by atoms with Gasteiger partial charge in [-0.3, -0.25) is 9.59 Å². The third-order valence-electron chi connectivity index (χ3n) is 21.4. The highest BCUT2D eigenvalue weighted by Crippen LogP contribution is 2.46. The second kappa shape index (κ2) is 46.4. The van der Waals surface area contributed by atoms with Crippen molar-refractivity contribution < 1.29 is 94.6 Å². The van der Waals surface area contributed by atoms with E-state index in [9.17, 15) is 85.1 Å². The van der Waals surface area contributed by atoms with Crippen LogP contribution in [-0.2, 0) is 58.7 Å². The van der Waals surface area contributed by atoms with Gasteiger partial charge in [-0.15, -0.1) is 0 Å². The number of ether oxygens (including phenoxy) is 2. The van der Waals surface area contributed by atoms with E-state index < -0.39 is 94.3 Å². The monoisotopic (exact) mass is 2130 g/mol. The zero-order valence-electron chi connectivity index (χ0n) is 80.3. The Kier molecular flexibility index (Phi) is 35.1. The SMILES string of the molecule is CC(=O)c1cccc(Nc2nc(Nc3ccc(P(C)(C)=O)cc3)ncc2C(F)(F)F)c1.CCC(CC)Nc1nc(Nc2ccc(P(C)(C)=O)cc2)ncc1C(F)(F)F.CP(C)(=O)c1ccc(Nc2ncc(C(F)(F)F)c(Nc3ccc4c(c3)OCO4)n2)cc1.CP(C)(=O)c1ccc(Nc2ncc(C(F)(F)F)c(Nc3ccccc3)n2)cc1.CP(C)(=O)c1ccccc1Nc1nc(Nc2ccc3c(c2)CC(=O)N3)ncc1Cl. The number of benzene rings is 9. The molecule has 0 atom stereocenters. The Morgan fingerprint density at radius 3 is 1.11 bits per heavy atom. The number of amides is 1. The first kappa shape index (κ1) is 111. The lowest BCUT2D eigenvalue weighted by Gasteiger charge is -2.19. The average molecular weight is 2130 g/mol. The fourth-order valence-corrected chi connectivity index (χ4v) is 18.4. The normalized spacial score (nSPS) is 12.4. The number of fused-ring (bicyclic) bond motifs is 2. The highest BCUT2D eigenvalue weighted by Gasteiger charge is 2.40. The minimum atomic E-state index is -4.68. The molecule has 146 heavy (non-hydrogen) atoms. The summed E-state index contributed by atoms with van der Waals surface area (Å²) in [5, 5.41) is 35.3. The molecule has 0 fully saturated rings. The predicted molar refractivity (Wildman–Crippen MR) is 555 cm³/mol. The molecular formula is C98H99ClF12N21O9P5. The molecule has 0 bridgehead atoms. The summed E-state index contributed by atoms with van der Waals surface area (Å²) >= 11 is 6.28. The van der Waals surface area contributed by atoms with Gasteiger partial charge in [0.2, 0.25) is 42.4 Å². The molecule has 766 valence electrons. The maximum Gasteiger partial charge on any atom is 0.421 e. The summed E-state index contributed by atoms with van der Waals surface area (Å²) in [6.45, 7) is 21.9. The molecule has 14 aromatic rings. The number of hydrogen-bond donors (Lipinski definition) is 11. The van der Waals surface area contributed by atoms with Crippen molar-refractivity contribution in [3.05, 3.63) is 282 Å². The first-order valence-electron chi connectivity index (χ1n) is 44.2. The number of Topliss-reactive ketones (excluding diaryl/α,β-unsaturated/α-hetero) is 1. The standard InChI is InChI=1S/C21H20F3N4O2P.C20H19ClN5O2P.C20H18F3N4O3P.C19H18F3N4OP.C18H24F3N4OP/c1-13(29)14-5-4-6-16(11-14)26-19-18(21(22,23)24)12-25-20(28-19)27-15-7-9-17(10-8-15)31(2,3)30;1-29(2,28)17-6-4-3-5-16(17)25-19-14(21)11-22-20(26-19)23-13-7-8-15-12(9-13)10-18(27)24-15;1-31(2,28)14-6-3-12(4-7-14)26-19-24-10-15(20(21,22)23)18(27-19)25-13-5-8-16-17(9-13)30-11-29-16;1-28(2,27)15-10-8-14(9-11-15)25-18-23-12-16(19(20,21)22)17(26-18)24-13-6-4-3-5-7-13;1-5-12(6-2)23-16-15(18(19,20)21)11-22-17(25-16)24-13-7-9-14(10-8-13)27(3,4)26/h4-12H,1-3H3,(H2,25,26,27,28);3-9,11H,10H2,1-2H3,(H,24,27)(H2,22,23,25,26);3-10H,11H2,1-2H3,(H2,24,25,26,27);3-12H,1-2H3,(H2,23,24,25,26);7-12H,5-6H2,1-4H3,(H2,22,23,24,25). The molecule has 0 aliphatic carbocycles. The zero-order valence-corrected chi connectivity index (χ0v) is 85.5. The van der Waals surface area contributed by atoms with Gasteiger partial charge in [0, 0.05) is 120 Å². The van der Waals surface area contributed by atoms with Gasteiger partial charge in [0.1, 0.15) is 86.3 Å². The molecule has 0 saturated heterocycles. The molecule has 0 unspecified atom stereocenters. The lowest BCUT2D eigenvalue weighted by Crippen LogP contribution is -2.22. The summed E-state index contributed by atoms with van der Waals surface area (Å²) in [6.07, 6.45) is -12.3. The van der Waals surface area contributed by atoms with Crippen LogP contribution in [0.3, 0.4) is 0 Å². The number of nitrogens with zero attached hydrogens (tertiary/aromatic N) is 10. The molecule has 0 saturated carbocycles. The highest BCUT2D eigenvalue weighted by molar-refractivity contribution is 7.71. The first-order chi connectivity index (χ1) is 68.5. The van der Waals surface area contributed by atoms with Crippen LogP contribution in [0.4, 0.5) is 168 Å². The second-order valence-corrected chi connectivity index (χ2v) is 51.1. The average Bonchev–Trinajstić information content (AvgIpc) is 1.10. The minimum Gasteiger partial charge on any atom is -0.454 e. The van der Waals surface area contributed by atoms with Crippen LogP contribution >= 0.6 is 47.3 Å². The summed E-state index contributed by atoms with van der Waals surface area (Å²) in [5.74, 6) is 0.00130. The number of rotatable bonds is 28. The van der Waals surface area contributed by atoms with Crippen LogP contribution in [0.5, 0.6) is 11.5 Å². The third kappa shape index (κ3) is 31.4. The number of para-hydroxylation sites is 2. The van der Waals surface area contributed by atoms with E-state index in [1.54, 1.807) is 218 Å². The topological polar surface area (TPSA) is 399 Å². The third-order valence-corrected chi connectivity index (χ3v) is 29.3. The van der Waals surface area contributed by atoms with Gasteiger partial charge in [-0.25, -0.2) is 24.9 Å². The van der Waals surface area contributed by atoms with Crippen LogP contribution in [-0.4, -0.2) is 141 Å². The summed E-state index contributed by atoms with van der Waals surface area (Å²) in [5.41, 5.74) is 3.00. The smallest absolute Gasteiger partial charge is 0.421 e. The van der Waals surface area contributed by atoms with Gasteiger partial charge >= 0.3 is 24.7 Å². The summed E-state index contributed by atoms with van der Waals surface area (Å²) in [6, 6.07) is 59.1. The van der Waals surface area contributed by atoms with Crippen molar-refractivity contribution in [2.24, 2.45) is 0 Å². The van der Waals surface area contributed by atoms with Gasteiger partial charge < -0.3 is 90.8 Å². The molecule has 48 heteroatoms. The van der Waals surface area contributed by atoms with Gasteiger partial charge in [0.05, 0.1) is 18.3 Å². The van der Waals surface area contributed by atoms with Crippen LogP contribution in [0.15, 0.2) is 243 Å². The number of carbonyl (C=O) groups is 2. The van der Waals surface area contributed by atoms with E-state index in [-0.39, 0.29) is 65.6 Å². The summed E-state index contributed by atoms with van der Waals surface area (Å²) < 4.78 is 232. The van der Waals surface area contributed by atoms with Gasteiger partial charge in [-0.2, -0.15) is 77.6 Å². The van der Waals surface area contributed by atoms with Crippen LogP contribution in [0.2, 0.25) is 5.02 Å². The van der Waals surface area contributed by atoms with Crippen molar-refractivity contribution in [2.45, 2.75) is 70.8 Å². The van der Waals surface area contributed by atoms with Crippen LogP contribution < -0.4 is 94.5 Å². The Morgan fingerprint density at radius 1 is 0.370 bits per heavy atom. The number of alkyl halides is 12. The molecule has 16 rings (SSSR count). The van der Waals surface area contributed by atoms with E-state index in [4.69, 9.17) is 21.1 Å². The van der Waals surface area contributed by atoms with Crippen LogP contribution in [0.25, 0.3) is 0 Å². The lowest BCUT2D eigenvalue weighted by molar-refractivity contribution is -0.138. The molecule has 11 N–H and O–H groups in total. The van der Waals surface area contributed by atoms with Crippen molar-refractivity contribution in [1.82, 2.24) is 49.8 Å². The highest BCUT2D eigenvalue weighted by atomic mass is 35.5. The van der Waals surface area contributed by atoms with E-state index in [2.05, 4.69) is 108 Å². The van der Waals surface area contributed by atoms with Crippen LogP contribution in [0, 0.1) is 0 Å². The van der Waals surface area contributed by atoms with Gasteiger partial charge in [-0.05, 0) is 256 Å². The van der Waals surface area contributed by atoms with Crippen molar-refractivity contribution in [2.75, 3.05) is 132 Å². The van der Waals surface area contributed by atoms with E-state index >= 15 is 0 Å². The van der Waals surface area contributed by atoms with Crippen molar-refractivity contribution >= 4 is 201 Å². The Morgan fingerprint density at radius 2 is 0.705 bits per heavy atom. The van der Waals surface area contributed by atoms with E-state index in [1.807, 2.05) is 56.3 Å². The van der Waals surface area contributed by atoms with E-state index in [0.29, 0.717) is 121 Å². The van der Waals surface area contributed by atoms with Crippen molar-refractivity contribution in [3.8, 4) is 11.5 Å². The van der Waals surface area contributed by atoms with E-state index in [0.717, 1.165) is 39.9 Å². The Labute approximate surface area is 836 Å². The molecular weight excluding hydrogens is 2030 g/mol. The number of hydrogen-bond acceptors (Lipinski definition) is 29. The van der Waals surface area contributed by atoms with E-state index in [1.165, 1.54) is 31.3 Å². The number of aromatic nitrogens is 10. The Hall–Kier alpha value is -14.3. The summed E-state index contributed by atoms with van der Waals surface area (Å²) in [7, 11) is -12.1. The molecule has 2 aliphatic rings. The molecule has 30 nitrogen and oxygen atoms in total. The van der Waals surface area contributed by atoms with Gasteiger partial charge in [0.25, 0.3) is 0 Å². The van der Waals surface area contributed by atoms with Crippen molar-refractivity contribution in [3.63, 3.8) is 0 Å². The quantitative estimate of drug-likeness (QED) is 0.0123. The largest absolute Gasteiger partial charge is 0.454 e. The number of carbonyl (C=O) groups excluding carboxylic acids is 2.